The zero-order valence-corrected chi connectivity index (χ0v) is 25.6. The predicted molar refractivity (Wildman–Crippen MR) is 160 cm³/mol. The number of nitrogens with one attached hydrogen (secondary N) is 1. The Hall–Kier alpha value is -2.58. The van der Waals surface area contributed by atoms with E-state index in [0.29, 0.717) is 60.0 Å². The van der Waals surface area contributed by atoms with Gasteiger partial charge in [0.25, 0.3) is 0 Å². The Balaban J connectivity index is 1.42. The number of nitrogens with zero attached hydrogens (tertiary/aromatic N) is 5. The molecule has 0 amide bonds. The van der Waals surface area contributed by atoms with Crippen LogP contribution in [0.1, 0.15) is 36.7 Å². The van der Waals surface area contributed by atoms with E-state index in [0.717, 1.165) is 16.4 Å². The number of carbonyl (C=O) groups is 2. The number of aliphatic carboxylic acids is 1. The van der Waals surface area contributed by atoms with Gasteiger partial charge in [-0.05, 0) is 44.4 Å². The Morgan fingerprint density at radius 2 is 2.08 bits per heavy atom. The summed E-state index contributed by atoms with van der Waals surface area (Å²) in [5, 5.41) is 18.8. The molecule has 5 rings (SSSR count). The van der Waals surface area contributed by atoms with Gasteiger partial charge in [-0.25, -0.2) is 9.78 Å². The number of carboxylic acids is 1. The average Bonchev–Trinajstić information content (AvgIpc) is 3.65. The second kappa shape index (κ2) is 11.7. The van der Waals surface area contributed by atoms with Gasteiger partial charge < -0.3 is 25.0 Å². The lowest BCUT2D eigenvalue weighted by Gasteiger charge is -2.38. The Bertz CT molecular complexity index is 1360. The number of amidine groups is 1. The van der Waals surface area contributed by atoms with Crippen molar-refractivity contribution in [3.63, 3.8) is 0 Å². The van der Waals surface area contributed by atoms with Crippen LogP contribution in [0.2, 0.25) is 5.02 Å². The van der Waals surface area contributed by atoms with E-state index in [-0.39, 0.29) is 12.6 Å². The monoisotopic (exact) mass is 622 g/mol. The number of aromatic nitrogens is 1. The molecule has 2 fully saturated rings. The highest BCUT2D eigenvalue weighted by Gasteiger charge is 2.42. The molecule has 2 aromatic rings. The number of hydrogen-bond acceptors (Lipinski definition) is 10. The molecule has 214 valence electrons. The topological polar surface area (TPSA) is 111 Å². The largest absolute Gasteiger partial charge is 0.481 e. The van der Waals surface area contributed by atoms with Crippen molar-refractivity contribution in [2.75, 3.05) is 45.9 Å². The van der Waals surface area contributed by atoms with Crippen molar-refractivity contribution >= 4 is 69.4 Å². The lowest BCUT2D eigenvalue weighted by atomic mass is 9.93. The van der Waals surface area contributed by atoms with Crippen LogP contribution in [0.25, 0.3) is 0 Å². The number of piperazine rings is 1. The molecule has 2 atom stereocenters. The number of thiophene rings is 1. The van der Waals surface area contributed by atoms with Crippen molar-refractivity contribution in [1.82, 2.24) is 25.0 Å². The van der Waals surface area contributed by atoms with E-state index in [1.807, 2.05) is 21.7 Å². The molecule has 0 aromatic carbocycles. The van der Waals surface area contributed by atoms with Crippen LogP contribution >= 0.6 is 46.5 Å². The molecule has 3 aliphatic heterocycles. The number of ether oxygens (including phenoxy) is 1. The Morgan fingerprint density at radius 3 is 2.73 bits per heavy atom. The molecule has 3 aliphatic rings. The fourth-order valence-electron chi connectivity index (χ4n) is 5.19. The first-order valence-electron chi connectivity index (χ1n) is 13.0. The molecule has 1 unspecified atom stereocenters. The Morgan fingerprint density at radius 1 is 1.27 bits per heavy atom. The molecule has 0 saturated carbocycles. The van der Waals surface area contributed by atoms with Gasteiger partial charge in [0.05, 0.1) is 33.5 Å². The molecule has 0 aliphatic carbocycles. The normalized spacial score (nSPS) is 21.8. The molecular weight excluding hydrogens is 592 g/mol. The fraction of sp³-hybridized carbons (Fsp3) is 0.500. The summed E-state index contributed by atoms with van der Waals surface area (Å²) in [5.74, 6) is -0.680. The number of esters is 1. The highest BCUT2D eigenvalue weighted by molar-refractivity contribution is 7.80. The standard InChI is InChI=1S/C26H31ClN6O4S3/c1-4-37-23(34)18-17(29-21(22-28-6-10-40-22)30-19(18)20-16(27)5-9-39-20)13-31-7-8-33-15(11-31)12-32(25(33)38)14-26(2,3)24(35)36/h5-6,9-10,15,19H,4,7-8,11-14H2,1-3H3,(H,29,30)(H,35,36)/t15?,19-/m1/s1. The van der Waals surface area contributed by atoms with Crippen LogP contribution < -0.4 is 5.32 Å². The van der Waals surface area contributed by atoms with Gasteiger partial charge in [-0.3, -0.25) is 14.7 Å². The lowest BCUT2D eigenvalue weighted by Crippen LogP contribution is -2.53. The molecular formula is C26H31ClN6O4S3. The van der Waals surface area contributed by atoms with Crippen LogP contribution in [0.5, 0.6) is 0 Å². The molecule has 2 saturated heterocycles. The number of thiazole rings is 1. The summed E-state index contributed by atoms with van der Waals surface area (Å²) >= 11 is 15.2. The first-order chi connectivity index (χ1) is 19.1. The van der Waals surface area contributed by atoms with E-state index in [1.165, 1.54) is 22.7 Å². The number of carbonyl (C=O) groups excluding carboxylic acids is 1. The maximum Gasteiger partial charge on any atom is 0.338 e. The Kier molecular flexibility index (Phi) is 8.48. The van der Waals surface area contributed by atoms with Gasteiger partial charge in [-0.2, -0.15) is 0 Å². The second-order valence-electron chi connectivity index (χ2n) is 10.5. The molecule has 0 bridgehead atoms. The van der Waals surface area contributed by atoms with Crippen molar-refractivity contribution in [2.24, 2.45) is 10.4 Å². The van der Waals surface area contributed by atoms with Gasteiger partial charge in [0, 0.05) is 56.5 Å². The minimum atomic E-state index is -0.909. The maximum absolute atomic E-state index is 13.4. The first-order valence-corrected chi connectivity index (χ1v) is 15.5. The Labute approximate surface area is 251 Å². The van der Waals surface area contributed by atoms with Crippen molar-refractivity contribution < 1.29 is 19.4 Å². The SMILES string of the molecule is CCOC(=O)C1=C(CN2CCN3C(=S)N(CC(C)(C)C(=O)O)CC3C2)NC(c2nccs2)=N[C@H]1c1sccc1Cl. The highest BCUT2D eigenvalue weighted by atomic mass is 35.5. The molecule has 10 nitrogen and oxygen atoms in total. The van der Waals surface area contributed by atoms with E-state index in [2.05, 4.69) is 20.1 Å². The number of hydrogen-bond donors (Lipinski definition) is 2. The summed E-state index contributed by atoms with van der Waals surface area (Å²) in [6, 6.07) is 1.32. The molecule has 14 heteroatoms. The van der Waals surface area contributed by atoms with Crippen molar-refractivity contribution in [2.45, 2.75) is 32.9 Å². The quantitative estimate of drug-likeness (QED) is 0.319. The summed E-state index contributed by atoms with van der Waals surface area (Å²) in [7, 11) is 0. The summed E-state index contributed by atoms with van der Waals surface area (Å²) in [4.78, 5) is 41.7. The van der Waals surface area contributed by atoms with E-state index in [9.17, 15) is 14.7 Å². The third-order valence-corrected chi connectivity index (χ3v) is 9.89. The average molecular weight is 623 g/mol. The van der Waals surface area contributed by atoms with Crippen LogP contribution in [-0.4, -0.2) is 99.6 Å². The number of thiocarbonyl (C=S) groups is 1. The molecule has 5 heterocycles. The molecule has 40 heavy (non-hydrogen) atoms. The first kappa shape index (κ1) is 28.9. The van der Waals surface area contributed by atoms with E-state index in [1.54, 1.807) is 27.0 Å². The summed E-state index contributed by atoms with van der Waals surface area (Å²) in [6.45, 7) is 9.08. The molecule has 0 radical (unpaired) electrons. The van der Waals surface area contributed by atoms with Gasteiger partial charge in [0.2, 0.25) is 0 Å². The number of carboxylic acid groups (broad SMARTS) is 1. The smallest absolute Gasteiger partial charge is 0.338 e. The fourth-order valence-corrected chi connectivity index (χ4v) is 7.37. The minimum Gasteiger partial charge on any atom is -0.481 e. The molecule has 2 aromatic heterocycles. The number of rotatable bonds is 9. The third kappa shape index (κ3) is 5.75. The zero-order chi connectivity index (χ0) is 28.6. The van der Waals surface area contributed by atoms with E-state index >= 15 is 0 Å². The van der Waals surface area contributed by atoms with Crippen LogP contribution in [0.4, 0.5) is 0 Å². The third-order valence-electron chi connectivity index (χ3n) is 7.21. The summed E-state index contributed by atoms with van der Waals surface area (Å²) in [6.07, 6.45) is 1.72. The van der Waals surface area contributed by atoms with Crippen LogP contribution in [0.3, 0.4) is 0 Å². The predicted octanol–water partition coefficient (Wildman–Crippen LogP) is 3.46. The van der Waals surface area contributed by atoms with Crippen molar-refractivity contribution in [3.8, 4) is 0 Å². The van der Waals surface area contributed by atoms with Gasteiger partial charge in [-0.15, -0.1) is 22.7 Å². The maximum atomic E-state index is 13.4. The lowest BCUT2D eigenvalue weighted by molar-refractivity contribution is -0.147. The number of fused-ring (bicyclic) bond motifs is 1. The number of aliphatic imine (C=N–C) groups is 1. The van der Waals surface area contributed by atoms with Crippen molar-refractivity contribution in [3.05, 3.63) is 49.2 Å². The molecule has 2 N–H and O–H groups in total. The van der Waals surface area contributed by atoms with Gasteiger partial charge in [0.15, 0.2) is 16.0 Å². The van der Waals surface area contributed by atoms with Gasteiger partial charge in [0.1, 0.15) is 6.04 Å². The van der Waals surface area contributed by atoms with E-state index in [4.69, 9.17) is 33.5 Å². The zero-order valence-electron chi connectivity index (χ0n) is 22.4. The number of halogens is 1. The summed E-state index contributed by atoms with van der Waals surface area (Å²) in [5.41, 5.74) is 0.250. The van der Waals surface area contributed by atoms with Gasteiger partial charge >= 0.3 is 11.9 Å². The van der Waals surface area contributed by atoms with Crippen LogP contribution in [0.15, 0.2) is 39.3 Å². The van der Waals surface area contributed by atoms with Gasteiger partial charge in [-0.1, -0.05) is 11.6 Å². The van der Waals surface area contributed by atoms with Crippen molar-refractivity contribution in [1.29, 1.82) is 0 Å². The van der Waals surface area contributed by atoms with E-state index < -0.39 is 23.4 Å². The molecule has 0 spiro atoms. The van der Waals surface area contributed by atoms with Crippen LogP contribution in [0, 0.1) is 5.41 Å². The highest BCUT2D eigenvalue weighted by Crippen LogP contribution is 2.39. The second-order valence-corrected chi connectivity index (χ2v) is 13.1. The van der Waals surface area contributed by atoms with Crippen LogP contribution in [-0.2, 0) is 14.3 Å². The summed E-state index contributed by atoms with van der Waals surface area (Å²) < 4.78 is 5.50. The minimum absolute atomic E-state index is 0.121.